The number of methoxy groups -OCH3 is 1. The molecular formula is C14H22ClN3OS. The summed E-state index contributed by atoms with van der Waals surface area (Å²) in [5, 5.41) is 7.26. The lowest BCUT2D eigenvalue weighted by molar-refractivity contribution is 0.414. The lowest BCUT2D eigenvalue weighted by Crippen LogP contribution is -2.39. The van der Waals surface area contributed by atoms with Crippen LogP contribution >= 0.6 is 23.4 Å². The maximum atomic E-state index is 6.20. The van der Waals surface area contributed by atoms with Crippen molar-refractivity contribution in [1.82, 2.24) is 10.6 Å². The van der Waals surface area contributed by atoms with E-state index >= 15 is 0 Å². The second-order valence-electron chi connectivity index (χ2n) is 4.13. The summed E-state index contributed by atoms with van der Waals surface area (Å²) in [6.07, 6.45) is 2.93. The molecular weight excluding hydrogens is 294 g/mol. The Labute approximate surface area is 130 Å². The summed E-state index contributed by atoms with van der Waals surface area (Å²) in [4.78, 5) is 4.17. The van der Waals surface area contributed by atoms with Crippen molar-refractivity contribution in [2.75, 3.05) is 39.3 Å². The van der Waals surface area contributed by atoms with Crippen molar-refractivity contribution in [2.45, 2.75) is 6.42 Å². The molecule has 0 aromatic heterocycles. The number of hydrogen-bond acceptors (Lipinski definition) is 3. The van der Waals surface area contributed by atoms with Crippen molar-refractivity contribution >= 4 is 29.3 Å². The Morgan fingerprint density at radius 3 is 2.70 bits per heavy atom. The predicted octanol–water partition coefficient (Wildman–Crippen LogP) is 2.42. The van der Waals surface area contributed by atoms with Crippen LogP contribution in [0.4, 0.5) is 0 Å². The van der Waals surface area contributed by atoms with Gasteiger partial charge >= 0.3 is 0 Å². The summed E-state index contributed by atoms with van der Waals surface area (Å²) < 4.78 is 5.13. The highest BCUT2D eigenvalue weighted by atomic mass is 35.5. The Kier molecular flexibility index (Phi) is 8.30. The van der Waals surface area contributed by atoms with Gasteiger partial charge in [-0.1, -0.05) is 17.7 Å². The van der Waals surface area contributed by atoms with Crippen LogP contribution in [-0.2, 0) is 6.42 Å². The van der Waals surface area contributed by atoms with Gasteiger partial charge in [0.1, 0.15) is 5.75 Å². The van der Waals surface area contributed by atoms with Gasteiger partial charge in [-0.2, -0.15) is 11.8 Å². The average Bonchev–Trinajstić information content (AvgIpc) is 2.47. The first-order valence-corrected chi connectivity index (χ1v) is 8.24. The van der Waals surface area contributed by atoms with Crippen molar-refractivity contribution in [3.05, 3.63) is 28.8 Å². The second-order valence-corrected chi connectivity index (χ2v) is 5.52. The predicted molar refractivity (Wildman–Crippen MR) is 89.5 cm³/mol. The highest BCUT2D eigenvalue weighted by Crippen LogP contribution is 2.22. The fraction of sp³-hybridized carbons (Fsp3) is 0.500. The SMILES string of the molecule is CN=C(NCCSC)NCCc1ccc(OC)cc1Cl. The molecule has 0 aliphatic carbocycles. The van der Waals surface area contributed by atoms with Crippen LogP contribution in [0.15, 0.2) is 23.2 Å². The van der Waals surface area contributed by atoms with E-state index in [1.807, 2.05) is 18.2 Å². The van der Waals surface area contributed by atoms with E-state index in [4.69, 9.17) is 16.3 Å². The van der Waals surface area contributed by atoms with Gasteiger partial charge in [-0.3, -0.25) is 4.99 Å². The van der Waals surface area contributed by atoms with Crippen LogP contribution in [0.1, 0.15) is 5.56 Å². The first-order chi connectivity index (χ1) is 9.71. The van der Waals surface area contributed by atoms with E-state index < -0.39 is 0 Å². The van der Waals surface area contributed by atoms with E-state index in [0.717, 1.165) is 47.6 Å². The third-order valence-corrected chi connectivity index (χ3v) is 3.73. The summed E-state index contributed by atoms with van der Waals surface area (Å²) in [6, 6.07) is 5.75. The zero-order valence-corrected chi connectivity index (χ0v) is 13.8. The lowest BCUT2D eigenvalue weighted by Gasteiger charge is -2.12. The van der Waals surface area contributed by atoms with Gasteiger partial charge in [0, 0.05) is 30.9 Å². The largest absolute Gasteiger partial charge is 0.497 e. The molecule has 0 saturated heterocycles. The average molecular weight is 316 g/mol. The number of rotatable bonds is 7. The van der Waals surface area contributed by atoms with Crippen molar-refractivity contribution in [3.63, 3.8) is 0 Å². The van der Waals surface area contributed by atoms with Crippen LogP contribution < -0.4 is 15.4 Å². The summed E-state index contributed by atoms with van der Waals surface area (Å²) >= 11 is 8.01. The molecule has 0 unspecified atom stereocenters. The first kappa shape index (κ1) is 17.0. The van der Waals surface area contributed by atoms with Crippen molar-refractivity contribution in [3.8, 4) is 5.75 Å². The van der Waals surface area contributed by atoms with Gasteiger partial charge in [0.05, 0.1) is 7.11 Å². The summed E-state index contributed by atoms with van der Waals surface area (Å²) in [7, 11) is 3.41. The summed E-state index contributed by atoms with van der Waals surface area (Å²) in [6.45, 7) is 1.69. The zero-order valence-electron chi connectivity index (χ0n) is 12.2. The number of halogens is 1. The smallest absolute Gasteiger partial charge is 0.191 e. The van der Waals surface area contributed by atoms with Crippen molar-refractivity contribution in [1.29, 1.82) is 0 Å². The molecule has 0 heterocycles. The molecule has 1 rings (SSSR count). The number of guanidine groups is 1. The van der Waals surface area contributed by atoms with E-state index in [0.29, 0.717) is 0 Å². The Hall–Kier alpha value is -1.07. The molecule has 0 bridgehead atoms. The second kappa shape index (κ2) is 9.77. The molecule has 0 radical (unpaired) electrons. The summed E-state index contributed by atoms with van der Waals surface area (Å²) in [5.41, 5.74) is 1.10. The van der Waals surface area contributed by atoms with E-state index in [2.05, 4.69) is 21.9 Å². The summed E-state index contributed by atoms with van der Waals surface area (Å²) in [5.74, 6) is 2.66. The van der Waals surface area contributed by atoms with Gasteiger partial charge in [-0.15, -0.1) is 0 Å². The quantitative estimate of drug-likeness (QED) is 0.461. The van der Waals surface area contributed by atoms with Crippen LogP contribution in [0, 0.1) is 0 Å². The monoisotopic (exact) mass is 315 g/mol. The maximum absolute atomic E-state index is 6.20. The van der Waals surface area contributed by atoms with Gasteiger partial charge in [-0.05, 0) is 30.4 Å². The number of aliphatic imine (C=N–C) groups is 1. The van der Waals surface area contributed by atoms with E-state index in [1.54, 1.807) is 25.9 Å². The normalized spacial score (nSPS) is 11.3. The number of benzene rings is 1. The Morgan fingerprint density at radius 1 is 1.35 bits per heavy atom. The molecule has 1 aromatic rings. The van der Waals surface area contributed by atoms with Gasteiger partial charge < -0.3 is 15.4 Å². The molecule has 4 nitrogen and oxygen atoms in total. The molecule has 0 aliphatic rings. The molecule has 6 heteroatoms. The Morgan fingerprint density at radius 2 is 2.10 bits per heavy atom. The van der Waals surface area contributed by atoms with Gasteiger partial charge in [0.25, 0.3) is 0 Å². The molecule has 0 spiro atoms. The topological polar surface area (TPSA) is 45.7 Å². The minimum atomic E-state index is 0.733. The zero-order chi connectivity index (χ0) is 14.8. The Balaban J connectivity index is 2.39. The number of hydrogen-bond donors (Lipinski definition) is 2. The van der Waals surface area contributed by atoms with Gasteiger partial charge in [0.2, 0.25) is 0 Å². The number of nitrogens with zero attached hydrogens (tertiary/aromatic N) is 1. The molecule has 20 heavy (non-hydrogen) atoms. The molecule has 0 amide bonds. The fourth-order valence-corrected chi connectivity index (χ4v) is 2.24. The van der Waals surface area contributed by atoms with Crippen LogP contribution in [-0.4, -0.2) is 45.2 Å². The third-order valence-electron chi connectivity index (χ3n) is 2.77. The molecule has 0 fully saturated rings. The van der Waals surface area contributed by atoms with E-state index in [9.17, 15) is 0 Å². The minimum absolute atomic E-state index is 0.733. The molecule has 0 atom stereocenters. The first-order valence-electron chi connectivity index (χ1n) is 6.47. The van der Waals surface area contributed by atoms with Crippen molar-refractivity contribution < 1.29 is 4.74 Å². The molecule has 1 aromatic carbocycles. The fourth-order valence-electron chi connectivity index (χ4n) is 1.67. The van der Waals surface area contributed by atoms with Gasteiger partial charge in [-0.25, -0.2) is 0 Å². The van der Waals surface area contributed by atoms with Crippen molar-refractivity contribution in [2.24, 2.45) is 4.99 Å². The lowest BCUT2D eigenvalue weighted by atomic mass is 10.1. The van der Waals surface area contributed by atoms with Crippen LogP contribution in [0.2, 0.25) is 5.02 Å². The molecule has 2 N–H and O–H groups in total. The minimum Gasteiger partial charge on any atom is -0.497 e. The highest BCUT2D eigenvalue weighted by Gasteiger charge is 2.03. The number of nitrogens with one attached hydrogen (secondary N) is 2. The standard InChI is InChI=1S/C14H22ClN3OS/c1-16-14(18-8-9-20-3)17-7-6-11-4-5-12(19-2)10-13(11)15/h4-5,10H,6-9H2,1-3H3,(H2,16,17,18). The van der Waals surface area contributed by atoms with E-state index in [1.165, 1.54) is 0 Å². The van der Waals surface area contributed by atoms with Crippen LogP contribution in [0.25, 0.3) is 0 Å². The van der Waals surface area contributed by atoms with Crippen LogP contribution in [0.5, 0.6) is 5.75 Å². The maximum Gasteiger partial charge on any atom is 0.191 e. The Bertz CT molecular complexity index is 440. The third kappa shape index (κ3) is 5.92. The molecule has 0 aliphatic heterocycles. The molecule has 0 saturated carbocycles. The number of thioether (sulfide) groups is 1. The highest BCUT2D eigenvalue weighted by molar-refractivity contribution is 7.98. The number of ether oxygens (including phenoxy) is 1. The molecule has 112 valence electrons. The van der Waals surface area contributed by atoms with Crippen LogP contribution in [0.3, 0.4) is 0 Å². The van der Waals surface area contributed by atoms with E-state index in [-0.39, 0.29) is 0 Å². The van der Waals surface area contributed by atoms with Gasteiger partial charge in [0.15, 0.2) is 5.96 Å².